The monoisotopic (exact) mass is 536 g/mol. The van der Waals surface area contributed by atoms with E-state index in [-0.39, 0.29) is 19.4 Å². The van der Waals surface area contributed by atoms with Gasteiger partial charge < -0.3 is 19.3 Å². The first-order valence-electron chi connectivity index (χ1n) is 14.3. The molecule has 0 aliphatic heterocycles. The van der Waals surface area contributed by atoms with Crippen LogP contribution in [0.3, 0.4) is 0 Å². The third-order valence-corrected chi connectivity index (χ3v) is 6.61. The average Bonchev–Trinajstić information content (AvgIpc) is 2.83. The van der Waals surface area contributed by atoms with E-state index in [1.165, 1.54) is 70.6 Å². The molecule has 0 amide bonds. The number of rotatable bonds is 26. The van der Waals surface area contributed by atoms with Gasteiger partial charge in [-0.3, -0.25) is 14.1 Å². The number of phosphoric acid groups is 1. The quantitative estimate of drug-likeness (QED) is 0.0667. The van der Waals surface area contributed by atoms with Crippen LogP contribution in [-0.4, -0.2) is 41.0 Å². The third-order valence-electron chi connectivity index (χ3n) is 6.13. The Kier molecular flexibility index (Phi) is 23.7. The van der Waals surface area contributed by atoms with Crippen LogP contribution in [0.5, 0.6) is 0 Å². The topological polar surface area (TPSA) is 119 Å². The van der Waals surface area contributed by atoms with Gasteiger partial charge in [-0.1, -0.05) is 117 Å². The molecule has 0 aromatic rings. The Morgan fingerprint density at radius 1 is 0.611 bits per heavy atom. The molecule has 36 heavy (non-hydrogen) atoms. The van der Waals surface area contributed by atoms with E-state index in [1.807, 2.05) is 0 Å². The second-order valence-corrected chi connectivity index (χ2v) is 11.0. The summed E-state index contributed by atoms with van der Waals surface area (Å²) in [5.74, 6) is -0.888. The van der Waals surface area contributed by atoms with E-state index in [1.54, 1.807) is 0 Å². The van der Waals surface area contributed by atoms with E-state index in [0.717, 1.165) is 38.5 Å². The van der Waals surface area contributed by atoms with Crippen molar-refractivity contribution in [2.45, 2.75) is 148 Å². The SMILES string of the molecule is CCCCCCCCCCCC(=O)OC[C@H](COP(=O)(O)O)OC(=O)CCCCCCCCCCC. The molecular formula is C27H53O8P. The van der Waals surface area contributed by atoms with E-state index in [2.05, 4.69) is 18.4 Å². The summed E-state index contributed by atoms with van der Waals surface area (Å²) in [5.41, 5.74) is 0. The van der Waals surface area contributed by atoms with E-state index in [0.29, 0.717) is 6.42 Å². The van der Waals surface area contributed by atoms with E-state index >= 15 is 0 Å². The standard InChI is InChI=1S/C27H53O8P/c1-3-5-7-9-11-13-15-17-19-21-26(28)33-23-25(24-34-36(30,31)32)35-27(29)22-20-18-16-14-12-10-8-6-4-2/h25H,3-24H2,1-2H3,(H2,30,31,32)/t25-/m1/s1. The van der Waals surface area contributed by atoms with Crippen LogP contribution in [0.2, 0.25) is 0 Å². The van der Waals surface area contributed by atoms with Crippen molar-refractivity contribution in [3.63, 3.8) is 0 Å². The summed E-state index contributed by atoms with van der Waals surface area (Å²) >= 11 is 0. The summed E-state index contributed by atoms with van der Waals surface area (Å²) in [5, 5.41) is 0. The first-order chi connectivity index (χ1) is 17.3. The number of carbonyl (C=O) groups excluding carboxylic acids is 2. The van der Waals surface area contributed by atoms with Crippen LogP contribution >= 0.6 is 7.82 Å². The van der Waals surface area contributed by atoms with E-state index in [9.17, 15) is 14.2 Å². The summed E-state index contributed by atoms with van der Waals surface area (Å²) in [6, 6.07) is 0. The predicted molar refractivity (Wildman–Crippen MR) is 143 cm³/mol. The first-order valence-corrected chi connectivity index (χ1v) is 15.9. The number of hydrogen-bond acceptors (Lipinski definition) is 6. The minimum atomic E-state index is -4.72. The van der Waals surface area contributed by atoms with Gasteiger partial charge in [0.25, 0.3) is 0 Å². The molecule has 1 atom stereocenters. The smallest absolute Gasteiger partial charge is 0.462 e. The molecule has 0 aliphatic rings. The van der Waals surface area contributed by atoms with Crippen molar-refractivity contribution in [2.24, 2.45) is 0 Å². The second kappa shape index (κ2) is 24.4. The molecule has 0 aliphatic carbocycles. The maximum absolute atomic E-state index is 12.2. The molecule has 0 aromatic heterocycles. The van der Waals surface area contributed by atoms with Gasteiger partial charge in [0.2, 0.25) is 0 Å². The van der Waals surface area contributed by atoms with Crippen LogP contribution in [0.15, 0.2) is 0 Å². The van der Waals surface area contributed by atoms with Crippen LogP contribution in [0, 0.1) is 0 Å². The highest BCUT2D eigenvalue weighted by molar-refractivity contribution is 7.46. The molecule has 0 fully saturated rings. The summed E-state index contributed by atoms with van der Waals surface area (Å²) in [4.78, 5) is 42.1. The Labute approximate surface area is 219 Å². The van der Waals surface area contributed by atoms with Gasteiger partial charge >= 0.3 is 19.8 Å². The molecule has 0 saturated carbocycles. The molecule has 0 unspecified atom stereocenters. The summed E-state index contributed by atoms with van der Waals surface area (Å²) in [7, 11) is -4.72. The zero-order valence-corrected chi connectivity index (χ0v) is 23.8. The van der Waals surface area contributed by atoms with Gasteiger partial charge in [-0.05, 0) is 12.8 Å². The van der Waals surface area contributed by atoms with Gasteiger partial charge in [0.1, 0.15) is 6.61 Å². The van der Waals surface area contributed by atoms with Gasteiger partial charge in [-0.25, -0.2) is 4.57 Å². The molecular weight excluding hydrogens is 483 g/mol. The average molecular weight is 537 g/mol. The van der Waals surface area contributed by atoms with Crippen LogP contribution in [0.1, 0.15) is 142 Å². The fraction of sp³-hybridized carbons (Fsp3) is 0.926. The number of ether oxygens (including phenoxy) is 2. The van der Waals surface area contributed by atoms with Crippen molar-refractivity contribution in [3.8, 4) is 0 Å². The Morgan fingerprint density at radius 3 is 1.42 bits per heavy atom. The molecule has 0 radical (unpaired) electrons. The molecule has 0 bridgehead atoms. The Morgan fingerprint density at radius 2 is 1.00 bits per heavy atom. The lowest BCUT2D eigenvalue weighted by atomic mass is 10.1. The number of esters is 2. The maximum Gasteiger partial charge on any atom is 0.469 e. The maximum atomic E-state index is 12.2. The van der Waals surface area contributed by atoms with Gasteiger partial charge in [0.05, 0.1) is 6.61 Å². The van der Waals surface area contributed by atoms with Gasteiger partial charge in [0, 0.05) is 12.8 Å². The minimum Gasteiger partial charge on any atom is -0.462 e. The molecule has 9 heteroatoms. The lowest BCUT2D eigenvalue weighted by molar-refractivity contribution is -0.161. The molecule has 0 rings (SSSR count). The molecule has 2 N–H and O–H groups in total. The second-order valence-electron chi connectivity index (χ2n) is 9.74. The van der Waals surface area contributed by atoms with Crippen molar-refractivity contribution >= 4 is 19.8 Å². The molecule has 0 spiro atoms. The van der Waals surface area contributed by atoms with E-state index in [4.69, 9.17) is 19.3 Å². The lowest BCUT2D eigenvalue weighted by Gasteiger charge is -2.18. The molecule has 214 valence electrons. The Bertz CT molecular complexity index is 578. The highest BCUT2D eigenvalue weighted by Crippen LogP contribution is 2.35. The van der Waals surface area contributed by atoms with Crippen molar-refractivity contribution in [1.82, 2.24) is 0 Å². The largest absolute Gasteiger partial charge is 0.469 e. The van der Waals surface area contributed by atoms with Crippen LogP contribution < -0.4 is 0 Å². The highest BCUT2D eigenvalue weighted by Gasteiger charge is 2.22. The lowest BCUT2D eigenvalue weighted by Crippen LogP contribution is -2.29. The van der Waals surface area contributed by atoms with Crippen LogP contribution in [-0.2, 0) is 28.2 Å². The summed E-state index contributed by atoms with van der Waals surface area (Å²) < 4.78 is 26.0. The highest BCUT2D eigenvalue weighted by atomic mass is 31.2. The van der Waals surface area contributed by atoms with Crippen LogP contribution in [0.4, 0.5) is 0 Å². The van der Waals surface area contributed by atoms with E-state index < -0.39 is 32.5 Å². The van der Waals surface area contributed by atoms with Crippen molar-refractivity contribution in [3.05, 3.63) is 0 Å². The fourth-order valence-electron chi connectivity index (χ4n) is 3.96. The minimum absolute atomic E-state index is 0.217. The Hall–Kier alpha value is -0.950. The Balaban J connectivity index is 4.08. The van der Waals surface area contributed by atoms with Crippen molar-refractivity contribution in [1.29, 1.82) is 0 Å². The fourth-order valence-corrected chi connectivity index (χ4v) is 4.32. The zero-order chi connectivity index (χ0) is 26.9. The number of carbonyl (C=O) groups is 2. The molecule has 0 saturated heterocycles. The number of hydrogen-bond donors (Lipinski definition) is 2. The van der Waals surface area contributed by atoms with Gasteiger partial charge in [-0.15, -0.1) is 0 Å². The molecule has 8 nitrogen and oxygen atoms in total. The van der Waals surface area contributed by atoms with Gasteiger partial charge in [-0.2, -0.15) is 0 Å². The normalized spacial score (nSPS) is 12.4. The zero-order valence-electron chi connectivity index (χ0n) is 22.9. The van der Waals surface area contributed by atoms with Gasteiger partial charge in [0.15, 0.2) is 6.10 Å². The predicted octanol–water partition coefficient (Wildman–Crippen LogP) is 7.39. The number of phosphoric ester groups is 1. The molecule has 0 aromatic carbocycles. The summed E-state index contributed by atoms with van der Waals surface area (Å²) in [6.45, 7) is 3.60. The summed E-state index contributed by atoms with van der Waals surface area (Å²) in [6.07, 6.45) is 19.9. The molecule has 0 heterocycles. The third kappa shape index (κ3) is 26.1. The first kappa shape index (κ1) is 35.0. The van der Waals surface area contributed by atoms with Crippen molar-refractivity contribution < 1.29 is 37.9 Å². The number of unbranched alkanes of at least 4 members (excludes halogenated alkanes) is 16. The van der Waals surface area contributed by atoms with Crippen molar-refractivity contribution in [2.75, 3.05) is 13.2 Å². The van der Waals surface area contributed by atoms with Crippen LogP contribution in [0.25, 0.3) is 0 Å².